The molecule has 1 heterocycles. The molecule has 0 spiro atoms. The monoisotopic (exact) mass is 283 g/mol. The van der Waals surface area contributed by atoms with E-state index in [4.69, 9.17) is 11.6 Å². The largest absolute Gasteiger partial charge is 0.320 e. The van der Waals surface area contributed by atoms with Crippen molar-refractivity contribution < 1.29 is 9.72 Å². The summed E-state index contributed by atoms with van der Waals surface area (Å²) in [6.45, 7) is 1.57. The maximum atomic E-state index is 12.0. The number of benzene rings is 1. The zero-order chi connectivity index (χ0) is 13.8. The summed E-state index contributed by atoms with van der Waals surface area (Å²) in [7, 11) is 0. The van der Waals surface area contributed by atoms with Crippen molar-refractivity contribution >= 4 is 28.9 Å². The number of nitro benzene ring substituents is 1. The van der Waals surface area contributed by atoms with Crippen molar-refractivity contribution in [2.24, 2.45) is 5.92 Å². The van der Waals surface area contributed by atoms with Gasteiger partial charge in [-0.25, -0.2) is 0 Å². The lowest BCUT2D eigenvalue weighted by atomic mass is 9.97. The number of nitro groups is 1. The summed E-state index contributed by atoms with van der Waals surface area (Å²) < 4.78 is 0. The number of piperidine rings is 1. The third-order valence-corrected chi connectivity index (χ3v) is 3.36. The molecule has 6 nitrogen and oxygen atoms in total. The summed E-state index contributed by atoms with van der Waals surface area (Å²) in [5.41, 5.74) is 0.00715. The summed E-state index contributed by atoms with van der Waals surface area (Å²) in [5.74, 6) is -0.299. The van der Waals surface area contributed by atoms with Gasteiger partial charge in [-0.1, -0.05) is 11.6 Å². The number of hydrogen-bond donors (Lipinski definition) is 2. The molecule has 1 aromatic rings. The van der Waals surface area contributed by atoms with Crippen LogP contribution in [0, 0.1) is 16.0 Å². The molecule has 19 heavy (non-hydrogen) atoms. The number of hydrogen-bond acceptors (Lipinski definition) is 4. The van der Waals surface area contributed by atoms with Gasteiger partial charge in [0, 0.05) is 17.0 Å². The number of carbonyl (C=O) groups excluding carboxylic acids is 1. The molecule has 0 aliphatic carbocycles. The van der Waals surface area contributed by atoms with Crippen LogP contribution in [0.1, 0.15) is 12.8 Å². The highest BCUT2D eigenvalue weighted by Gasteiger charge is 2.23. The first-order chi connectivity index (χ1) is 9.08. The minimum absolute atomic E-state index is 0.111. The molecule has 0 bridgehead atoms. The van der Waals surface area contributed by atoms with Crippen molar-refractivity contribution in [3.8, 4) is 0 Å². The Kier molecular flexibility index (Phi) is 4.34. The molecule has 0 atom stereocenters. The normalized spacial score (nSPS) is 16.1. The average Bonchev–Trinajstić information content (AvgIpc) is 2.39. The highest BCUT2D eigenvalue weighted by atomic mass is 35.5. The van der Waals surface area contributed by atoms with E-state index in [1.54, 1.807) is 0 Å². The molecular weight excluding hydrogens is 270 g/mol. The van der Waals surface area contributed by atoms with Gasteiger partial charge in [0.05, 0.1) is 4.92 Å². The first kappa shape index (κ1) is 13.8. The van der Waals surface area contributed by atoms with E-state index in [2.05, 4.69) is 10.6 Å². The third-order valence-electron chi connectivity index (χ3n) is 3.12. The number of carbonyl (C=O) groups is 1. The lowest BCUT2D eigenvalue weighted by molar-refractivity contribution is -0.383. The van der Waals surface area contributed by atoms with E-state index in [0.717, 1.165) is 25.9 Å². The second kappa shape index (κ2) is 5.99. The van der Waals surface area contributed by atoms with Gasteiger partial charge in [0.1, 0.15) is 5.69 Å². The first-order valence-electron chi connectivity index (χ1n) is 6.03. The molecule has 102 valence electrons. The second-order valence-corrected chi connectivity index (χ2v) is 4.87. The maximum absolute atomic E-state index is 12.0. The van der Waals surface area contributed by atoms with Gasteiger partial charge in [-0.3, -0.25) is 14.9 Å². The Bertz CT molecular complexity index is 501. The van der Waals surface area contributed by atoms with E-state index in [1.165, 1.54) is 18.2 Å². The second-order valence-electron chi connectivity index (χ2n) is 4.43. The summed E-state index contributed by atoms with van der Waals surface area (Å²) in [5, 5.41) is 17.0. The third kappa shape index (κ3) is 3.42. The fourth-order valence-electron chi connectivity index (χ4n) is 2.09. The lowest BCUT2D eigenvalue weighted by Gasteiger charge is -2.21. The molecular formula is C12H14ClN3O3. The fourth-order valence-corrected chi connectivity index (χ4v) is 2.26. The summed E-state index contributed by atoms with van der Waals surface area (Å²) in [6.07, 6.45) is 1.47. The molecule has 7 heteroatoms. The number of amides is 1. The van der Waals surface area contributed by atoms with Crippen LogP contribution in [0.2, 0.25) is 5.02 Å². The Balaban J connectivity index is 2.15. The van der Waals surface area contributed by atoms with Gasteiger partial charge in [0.2, 0.25) is 5.91 Å². The first-order valence-corrected chi connectivity index (χ1v) is 6.41. The standard InChI is InChI=1S/C12H14ClN3O3/c13-9-1-2-11(16(18)19)10(7-9)15-12(17)8-3-5-14-6-4-8/h1-2,7-8,14H,3-6H2,(H,15,17). The number of rotatable bonds is 3. The van der Waals surface area contributed by atoms with Crippen molar-refractivity contribution in [2.75, 3.05) is 18.4 Å². The molecule has 1 amide bonds. The van der Waals surface area contributed by atoms with Crippen LogP contribution in [0.3, 0.4) is 0 Å². The minimum Gasteiger partial charge on any atom is -0.320 e. The highest BCUT2D eigenvalue weighted by molar-refractivity contribution is 6.31. The van der Waals surface area contributed by atoms with Crippen LogP contribution in [0.4, 0.5) is 11.4 Å². The quantitative estimate of drug-likeness (QED) is 0.658. The molecule has 1 aliphatic rings. The van der Waals surface area contributed by atoms with Crippen molar-refractivity contribution in [1.29, 1.82) is 0 Å². The molecule has 0 saturated carbocycles. The fraction of sp³-hybridized carbons (Fsp3) is 0.417. The van der Waals surface area contributed by atoms with Gasteiger partial charge in [-0.15, -0.1) is 0 Å². The molecule has 0 unspecified atom stereocenters. The van der Waals surface area contributed by atoms with Crippen molar-refractivity contribution in [2.45, 2.75) is 12.8 Å². The molecule has 1 fully saturated rings. The summed E-state index contributed by atoms with van der Waals surface area (Å²) >= 11 is 5.81. The zero-order valence-electron chi connectivity index (χ0n) is 10.2. The number of anilines is 1. The molecule has 1 aromatic carbocycles. The highest BCUT2D eigenvalue weighted by Crippen LogP contribution is 2.28. The van der Waals surface area contributed by atoms with Crippen LogP contribution in [0.25, 0.3) is 0 Å². The van der Waals surface area contributed by atoms with Crippen molar-refractivity contribution in [3.05, 3.63) is 33.3 Å². The van der Waals surface area contributed by atoms with E-state index < -0.39 is 4.92 Å². The van der Waals surface area contributed by atoms with Crippen LogP contribution >= 0.6 is 11.6 Å². The van der Waals surface area contributed by atoms with Crippen LogP contribution in [-0.2, 0) is 4.79 Å². The smallest absolute Gasteiger partial charge is 0.292 e. The molecule has 1 saturated heterocycles. The Hall–Kier alpha value is -1.66. The van der Waals surface area contributed by atoms with Crippen LogP contribution in [-0.4, -0.2) is 23.9 Å². The van der Waals surface area contributed by atoms with Crippen molar-refractivity contribution in [1.82, 2.24) is 5.32 Å². The van der Waals surface area contributed by atoms with E-state index in [1.807, 2.05) is 0 Å². The van der Waals surface area contributed by atoms with Gasteiger partial charge in [0.25, 0.3) is 5.69 Å². The molecule has 0 aromatic heterocycles. The van der Waals surface area contributed by atoms with Crippen LogP contribution in [0.15, 0.2) is 18.2 Å². The number of nitrogens with zero attached hydrogens (tertiary/aromatic N) is 1. The molecule has 2 N–H and O–H groups in total. The van der Waals surface area contributed by atoms with Gasteiger partial charge >= 0.3 is 0 Å². The molecule has 2 rings (SSSR count). The van der Waals surface area contributed by atoms with E-state index in [-0.39, 0.29) is 23.2 Å². The van der Waals surface area contributed by atoms with Gasteiger partial charge in [-0.05, 0) is 38.1 Å². The van der Waals surface area contributed by atoms with Crippen molar-refractivity contribution in [3.63, 3.8) is 0 Å². The minimum atomic E-state index is -0.533. The molecule has 1 aliphatic heterocycles. The SMILES string of the molecule is O=C(Nc1cc(Cl)ccc1[N+](=O)[O-])C1CCNCC1. The average molecular weight is 284 g/mol. The van der Waals surface area contributed by atoms with Crippen LogP contribution < -0.4 is 10.6 Å². The molecule has 0 radical (unpaired) electrons. The van der Waals surface area contributed by atoms with E-state index in [0.29, 0.717) is 5.02 Å². The Morgan fingerprint density at radius 1 is 1.42 bits per heavy atom. The van der Waals surface area contributed by atoms with Crippen LogP contribution in [0.5, 0.6) is 0 Å². The Labute approximate surface area is 115 Å². The Morgan fingerprint density at radius 2 is 2.11 bits per heavy atom. The summed E-state index contributed by atoms with van der Waals surface area (Å²) in [6, 6.07) is 4.12. The van der Waals surface area contributed by atoms with E-state index >= 15 is 0 Å². The van der Waals surface area contributed by atoms with Gasteiger partial charge < -0.3 is 10.6 Å². The zero-order valence-corrected chi connectivity index (χ0v) is 10.9. The lowest BCUT2D eigenvalue weighted by Crippen LogP contribution is -2.34. The van der Waals surface area contributed by atoms with Gasteiger partial charge in [-0.2, -0.15) is 0 Å². The number of halogens is 1. The van der Waals surface area contributed by atoms with Gasteiger partial charge in [0.15, 0.2) is 0 Å². The maximum Gasteiger partial charge on any atom is 0.292 e. The predicted octanol–water partition coefficient (Wildman–Crippen LogP) is 2.19. The topological polar surface area (TPSA) is 84.3 Å². The van der Waals surface area contributed by atoms with E-state index in [9.17, 15) is 14.9 Å². The predicted molar refractivity (Wildman–Crippen MR) is 72.3 cm³/mol. The number of nitrogens with one attached hydrogen (secondary N) is 2. The summed E-state index contributed by atoms with van der Waals surface area (Å²) in [4.78, 5) is 22.4. The Morgan fingerprint density at radius 3 is 2.74 bits per heavy atom.